The summed E-state index contributed by atoms with van der Waals surface area (Å²) >= 11 is 0. The van der Waals surface area contributed by atoms with Crippen LogP contribution in [0.15, 0.2) is 36.7 Å². The molecular weight excluding hydrogens is 234 g/mol. The Morgan fingerprint density at radius 2 is 1.84 bits per heavy atom. The molecule has 0 fully saturated rings. The van der Waals surface area contributed by atoms with E-state index in [4.69, 9.17) is 0 Å². The normalized spacial score (nSPS) is 12.9. The molecule has 1 N–H and O–H groups in total. The third-order valence-corrected chi connectivity index (χ3v) is 3.53. The van der Waals surface area contributed by atoms with Gasteiger partial charge < -0.3 is 9.88 Å². The van der Waals surface area contributed by atoms with Gasteiger partial charge >= 0.3 is 0 Å². The average Bonchev–Trinajstić information content (AvgIpc) is 2.72. The van der Waals surface area contributed by atoms with Crippen LogP contribution in [-0.4, -0.2) is 22.1 Å². The maximum absolute atomic E-state index is 4.42. The number of imidazole rings is 1. The summed E-state index contributed by atoms with van der Waals surface area (Å²) in [5, 5.41) is 3.53. The van der Waals surface area contributed by atoms with Gasteiger partial charge in [-0.05, 0) is 19.4 Å². The quantitative estimate of drug-likeness (QED) is 0.892. The number of hydrogen-bond donors (Lipinski definition) is 1. The van der Waals surface area contributed by atoms with E-state index in [1.165, 1.54) is 11.3 Å². The Balaban J connectivity index is 2.32. The molecule has 0 amide bonds. The number of hydrogen-bond acceptors (Lipinski definition) is 2. The summed E-state index contributed by atoms with van der Waals surface area (Å²) in [5.74, 6) is 0. The molecule has 3 nitrogen and oxygen atoms in total. The van der Waals surface area contributed by atoms with Gasteiger partial charge in [0.2, 0.25) is 0 Å². The monoisotopic (exact) mass is 257 g/mol. The zero-order valence-corrected chi connectivity index (χ0v) is 12.2. The van der Waals surface area contributed by atoms with E-state index < -0.39 is 0 Å². The SMILES string of the molecule is Cc1ncn(C(CNC(C)C)c2ccccc2)c1C. The Bertz CT molecular complexity index is 514. The average molecular weight is 257 g/mol. The van der Waals surface area contributed by atoms with E-state index in [-0.39, 0.29) is 0 Å². The first-order valence-corrected chi connectivity index (χ1v) is 6.88. The van der Waals surface area contributed by atoms with Gasteiger partial charge in [-0.3, -0.25) is 0 Å². The molecule has 0 saturated heterocycles. The number of benzene rings is 1. The van der Waals surface area contributed by atoms with Crippen molar-refractivity contribution in [2.24, 2.45) is 0 Å². The van der Waals surface area contributed by atoms with Gasteiger partial charge in [0.25, 0.3) is 0 Å². The van der Waals surface area contributed by atoms with Crippen LogP contribution < -0.4 is 5.32 Å². The first kappa shape index (κ1) is 13.8. The second-order valence-corrected chi connectivity index (χ2v) is 5.31. The Morgan fingerprint density at radius 1 is 1.16 bits per heavy atom. The van der Waals surface area contributed by atoms with Gasteiger partial charge in [-0.1, -0.05) is 44.2 Å². The van der Waals surface area contributed by atoms with Gasteiger partial charge in [-0.2, -0.15) is 0 Å². The second-order valence-electron chi connectivity index (χ2n) is 5.31. The van der Waals surface area contributed by atoms with Gasteiger partial charge in [0, 0.05) is 18.3 Å². The minimum Gasteiger partial charge on any atom is -0.326 e. The van der Waals surface area contributed by atoms with Gasteiger partial charge in [-0.25, -0.2) is 4.98 Å². The van der Waals surface area contributed by atoms with Crippen molar-refractivity contribution in [1.29, 1.82) is 0 Å². The van der Waals surface area contributed by atoms with Crippen LogP contribution in [0.1, 0.15) is 36.8 Å². The first-order valence-electron chi connectivity index (χ1n) is 6.88. The number of nitrogens with one attached hydrogen (secondary N) is 1. The largest absolute Gasteiger partial charge is 0.326 e. The maximum Gasteiger partial charge on any atom is 0.0957 e. The lowest BCUT2D eigenvalue weighted by molar-refractivity contribution is 0.480. The fourth-order valence-corrected chi connectivity index (χ4v) is 2.23. The molecule has 1 aromatic heterocycles. The fraction of sp³-hybridized carbons (Fsp3) is 0.438. The van der Waals surface area contributed by atoms with Crippen LogP contribution in [0.5, 0.6) is 0 Å². The van der Waals surface area contributed by atoms with Crippen molar-refractivity contribution in [1.82, 2.24) is 14.9 Å². The van der Waals surface area contributed by atoms with Crippen LogP contribution in [0, 0.1) is 13.8 Å². The Hall–Kier alpha value is -1.61. The molecule has 0 aliphatic carbocycles. The highest BCUT2D eigenvalue weighted by Crippen LogP contribution is 2.20. The molecular formula is C16H23N3. The smallest absolute Gasteiger partial charge is 0.0957 e. The standard InChI is InChI=1S/C16H23N3/c1-12(2)17-10-16(15-8-6-5-7-9-15)19-11-18-13(3)14(19)4/h5-9,11-12,16-17H,10H2,1-4H3. The van der Waals surface area contributed by atoms with Crippen molar-refractivity contribution in [2.75, 3.05) is 6.54 Å². The number of rotatable bonds is 5. The fourth-order valence-electron chi connectivity index (χ4n) is 2.23. The molecule has 0 aliphatic rings. The molecule has 1 heterocycles. The van der Waals surface area contributed by atoms with E-state index >= 15 is 0 Å². The van der Waals surface area contributed by atoms with E-state index in [1.54, 1.807) is 0 Å². The minimum absolute atomic E-state index is 0.296. The molecule has 0 spiro atoms. The maximum atomic E-state index is 4.42. The summed E-state index contributed by atoms with van der Waals surface area (Å²) in [6.45, 7) is 9.46. The molecule has 0 radical (unpaired) electrons. The third kappa shape index (κ3) is 3.24. The molecule has 102 valence electrons. The van der Waals surface area contributed by atoms with Crippen LogP contribution in [-0.2, 0) is 0 Å². The second kappa shape index (κ2) is 6.02. The topological polar surface area (TPSA) is 29.9 Å². The highest BCUT2D eigenvalue weighted by atomic mass is 15.1. The van der Waals surface area contributed by atoms with Gasteiger partial charge in [0.1, 0.15) is 0 Å². The number of aryl methyl sites for hydroxylation is 1. The predicted octanol–water partition coefficient (Wildman–Crippen LogP) is 3.09. The van der Waals surface area contributed by atoms with Gasteiger partial charge in [0.05, 0.1) is 18.1 Å². The third-order valence-electron chi connectivity index (χ3n) is 3.53. The Kier molecular flexibility index (Phi) is 4.38. The molecule has 1 atom stereocenters. The molecule has 2 rings (SSSR count). The van der Waals surface area contributed by atoms with Gasteiger partial charge in [0.15, 0.2) is 0 Å². The van der Waals surface area contributed by atoms with Crippen molar-refractivity contribution in [2.45, 2.75) is 39.8 Å². The van der Waals surface area contributed by atoms with Gasteiger partial charge in [-0.15, -0.1) is 0 Å². The lowest BCUT2D eigenvalue weighted by Crippen LogP contribution is -2.31. The van der Waals surface area contributed by atoms with Crippen molar-refractivity contribution in [3.05, 3.63) is 53.6 Å². The zero-order chi connectivity index (χ0) is 13.8. The van der Waals surface area contributed by atoms with E-state index in [0.29, 0.717) is 12.1 Å². The molecule has 0 bridgehead atoms. The van der Waals surface area contributed by atoms with Crippen molar-refractivity contribution in [3.63, 3.8) is 0 Å². The molecule has 1 unspecified atom stereocenters. The van der Waals surface area contributed by atoms with Crippen molar-refractivity contribution in [3.8, 4) is 0 Å². The van der Waals surface area contributed by atoms with Crippen LogP contribution in [0.2, 0.25) is 0 Å². The van der Waals surface area contributed by atoms with Crippen LogP contribution in [0.3, 0.4) is 0 Å². The van der Waals surface area contributed by atoms with Crippen LogP contribution >= 0.6 is 0 Å². The Labute approximate surface area is 115 Å². The molecule has 19 heavy (non-hydrogen) atoms. The first-order chi connectivity index (χ1) is 9.09. The summed E-state index contributed by atoms with van der Waals surface area (Å²) in [7, 11) is 0. The van der Waals surface area contributed by atoms with E-state index in [2.05, 4.69) is 72.9 Å². The zero-order valence-electron chi connectivity index (χ0n) is 12.2. The van der Waals surface area contributed by atoms with Crippen LogP contribution in [0.4, 0.5) is 0 Å². The molecule has 3 heteroatoms. The number of aromatic nitrogens is 2. The highest BCUT2D eigenvalue weighted by molar-refractivity contribution is 5.23. The summed E-state index contributed by atoms with van der Waals surface area (Å²) in [5.41, 5.74) is 3.65. The highest BCUT2D eigenvalue weighted by Gasteiger charge is 2.16. The van der Waals surface area contributed by atoms with Crippen molar-refractivity contribution < 1.29 is 0 Å². The minimum atomic E-state index is 0.296. The van der Waals surface area contributed by atoms with Crippen LogP contribution in [0.25, 0.3) is 0 Å². The van der Waals surface area contributed by atoms with E-state index in [0.717, 1.165) is 12.2 Å². The van der Waals surface area contributed by atoms with Crippen molar-refractivity contribution >= 4 is 0 Å². The summed E-state index contributed by atoms with van der Waals surface area (Å²) in [6.07, 6.45) is 1.95. The summed E-state index contributed by atoms with van der Waals surface area (Å²) in [4.78, 5) is 4.42. The Morgan fingerprint density at radius 3 is 2.37 bits per heavy atom. The van der Waals surface area contributed by atoms with E-state index in [9.17, 15) is 0 Å². The lowest BCUT2D eigenvalue weighted by Gasteiger charge is -2.22. The number of nitrogens with zero attached hydrogens (tertiary/aromatic N) is 2. The lowest BCUT2D eigenvalue weighted by atomic mass is 10.1. The molecule has 0 aliphatic heterocycles. The molecule has 2 aromatic rings. The van der Waals surface area contributed by atoms with E-state index in [1.807, 2.05) is 6.33 Å². The predicted molar refractivity (Wildman–Crippen MR) is 79.4 cm³/mol. The molecule has 0 saturated carbocycles. The summed E-state index contributed by atoms with van der Waals surface area (Å²) < 4.78 is 2.26. The molecule has 1 aromatic carbocycles. The summed E-state index contributed by atoms with van der Waals surface area (Å²) in [6, 6.07) is 11.4.